The van der Waals surface area contributed by atoms with E-state index in [0.717, 1.165) is 23.0 Å². The highest BCUT2D eigenvalue weighted by molar-refractivity contribution is 7.99. The molecule has 3 N–H and O–H groups in total. The van der Waals surface area contributed by atoms with Crippen LogP contribution in [0, 0.1) is 0 Å². The van der Waals surface area contributed by atoms with Gasteiger partial charge < -0.3 is 15.8 Å². The number of hydrogen-bond donors (Lipinski definition) is 2. The minimum Gasteiger partial charge on any atom is -0.382 e. The lowest BCUT2D eigenvalue weighted by Crippen LogP contribution is -2.15. The van der Waals surface area contributed by atoms with Crippen LogP contribution < -0.4 is 11.1 Å². The fourth-order valence-electron chi connectivity index (χ4n) is 2.05. The molecule has 0 atom stereocenters. The molecule has 0 radical (unpaired) electrons. The van der Waals surface area contributed by atoms with Gasteiger partial charge in [0.15, 0.2) is 5.82 Å². The fourth-order valence-corrected chi connectivity index (χ4v) is 3.62. The molecule has 2 rings (SSSR count). The Morgan fingerprint density at radius 3 is 3.00 bits per heavy atom. The highest BCUT2D eigenvalue weighted by Gasteiger charge is 2.15. The van der Waals surface area contributed by atoms with Crippen LogP contribution in [0.25, 0.3) is 0 Å². The normalized spacial score (nSPS) is 16.5. The molecule has 0 unspecified atom stereocenters. The van der Waals surface area contributed by atoms with Crippen molar-refractivity contribution in [2.24, 2.45) is 0 Å². The van der Waals surface area contributed by atoms with E-state index >= 15 is 0 Å². The molecule has 0 saturated heterocycles. The van der Waals surface area contributed by atoms with Crippen LogP contribution in [0.15, 0.2) is 4.90 Å². The van der Waals surface area contributed by atoms with Gasteiger partial charge in [-0.05, 0) is 30.6 Å². The molecule has 1 heterocycles. The Balaban J connectivity index is 1.70. The van der Waals surface area contributed by atoms with Gasteiger partial charge in [-0.3, -0.25) is 0 Å². The molecule has 4 nitrogen and oxygen atoms in total. The Morgan fingerprint density at radius 2 is 2.29 bits per heavy atom. The van der Waals surface area contributed by atoms with Crippen molar-refractivity contribution in [3.63, 3.8) is 0 Å². The molecule has 0 spiro atoms. The maximum absolute atomic E-state index is 5.79. The lowest BCUT2D eigenvalue weighted by atomic mass is 10.3. The molecule has 1 aromatic heterocycles. The molecule has 0 bridgehead atoms. The van der Waals surface area contributed by atoms with Crippen molar-refractivity contribution in [1.82, 2.24) is 4.37 Å². The van der Waals surface area contributed by atoms with E-state index in [1.165, 1.54) is 37.2 Å². The highest BCUT2D eigenvalue weighted by atomic mass is 32.2. The summed E-state index contributed by atoms with van der Waals surface area (Å²) in [6.45, 7) is 1.59. The zero-order valence-electron chi connectivity index (χ0n) is 10.1. The van der Waals surface area contributed by atoms with E-state index in [4.69, 9.17) is 10.5 Å². The summed E-state index contributed by atoms with van der Waals surface area (Å²) < 4.78 is 9.93. The molecule has 6 heteroatoms. The number of nitrogen functional groups attached to an aromatic ring is 1. The second kappa shape index (κ2) is 6.47. The van der Waals surface area contributed by atoms with Gasteiger partial charge in [-0.2, -0.15) is 4.37 Å². The summed E-state index contributed by atoms with van der Waals surface area (Å²) >= 11 is 3.05. The van der Waals surface area contributed by atoms with Crippen molar-refractivity contribution < 1.29 is 4.74 Å². The molecular weight excluding hydrogens is 254 g/mol. The summed E-state index contributed by atoms with van der Waals surface area (Å²) in [4.78, 5) is 1.05. The molecule has 1 aliphatic carbocycles. The Hall–Kier alpha value is -0.460. The van der Waals surface area contributed by atoms with Crippen LogP contribution in [0.1, 0.15) is 25.7 Å². The van der Waals surface area contributed by atoms with Crippen molar-refractivity contribution in [2.75, 3.05) is 30.5 Å². The minimum absolute atomic E-state index is 0.489. The van der Waals surface area contributed by atoms with Gasteiger partial charge in [0.1, 0.15) is 5.00 Å². The molecule has 0 amide bonds. The third-order valence-corrected chi connectivity index (χ3v) is 4.69. The van der Waals surface area contributed by atoms with Crippen molar-refractivity contribution in [1.29, 1.82) is 0 Å². The molecule has 17 heavy (non-hydrogen) atoms. The standard InChI is InChI=1S/C11H19N3OS2/c1-16-9-10(12)14-17-11(9)13-6-7-15-8-4-2-3-5-8/h8,13H,2-7H2,1H3,(H2,12,14). The van der Waals surface area contributed by atoms with Crippen molar-refractivity contribution in [3.05, 3.63) is 0 Å². The molecule has 1 aliphatic rings. The summed E-state index contributed by atoms with van der Waals surface area (Å²) in [6, 6.07) is 0. The second-order valence-corrected chi connectivity index (χ2v) is 5.72. The van der Waals surface area contributed by atoms with Crippen LogP contribution in [-0.4, -0.2) is 29.9 Å². The minimum atomic E-state index is 0.489. The summed E-state index contributed by atoms with van der Waals surface area (Å²) in [5.41, 5.74) is 5.76. The highest BCUT2D eigenvalue weighted by Crippen LogP contribution is 2.34. The van der Waals surface area contributed by atoms with Gasteiger partial charge in [0.25, 0.3) is 0 Å². The van der Waals surface area contributed by atoms with Gasteiger partial charge >= 0.3 is 0 Å². The van der Waals surface area contributed by atoms with Gasteiger partial charge in [0, 0.05) is 6.54 Å². The third kappa shape index (κ3) is 3.50. The fraction of sp³-hybridized carbons (Fsp3) is 0.727. The number of rotatable bonds is 6. The first-order valence-electron chi connectivity index (χ1n) is 5.96. The van der Waals surface area contributed by atoms with E-state index in [2.05, 4.69) is 9.69 Å². The monoisotopic (exact) mass is 273 g/mol. The first-order chi connectivity index (χ1) is 8.31. The van der Waals surface area contributed by atoms with Crippen LogP contribution in [-0.2, 0) is 4.74 Å². The largest absolute Gasteiger partial charge is 0.382 e. The number of nitrogens with zero attached hydrogens (tertiary/aromatic N) is 1. The Morgan fingerprint density at radius 1 is 1.53 bits per heavy atom. The van der Waals surface area contributed by atoms with Crippen molar-refractivity contribution >= 4 is 34.1 Å². The number of nitrogens with one attached hydrogen (secondary N) is 1. The number of nitrogens with two attached hydrogens (primary N) is 1. The van der Waals surface area contributed by atoms with Gasteiger partial charge in [-0.15, -0.1) is 11.8 Å². The molecule has 96 valence electrons. The summed E-state index contributed by atoms with van der Waals surface area (Å²) in [6.07, 6.45) is 7.59. The molecule has 1 aromatic rings. The Labute approximate surface area is 110 Å². The predicted octanol–water partition coefficient (Wildman–Crippen LogP) is 2.82. The number of aromatic nitrogens is 1. The lowest BCUT2D eigenvalue weighted by molar-refractivity contribution is 0.0659. The Kier molecular flexibility index (Phi) is 4.94. The van der Waals surface area contributed by atoms with Gasteiger partial charge in [-0.1, -0.05) is 12.8 Å². The summed E-state index contributed by atoms with van der Waals surface area (Å²) in [5, 5.41) is 4.40. The van der Waals surface area contributed by atoms with E-state index in [1.54, 1.807) is 11.8 Å². The van der Waals surface area contributed by atoms with Gasteiger partial charge in [-0.25, -0.2) is 0 Å². The first-order valence-corrected chi connectivity index (χ1v) is 7.95. The lowest BCUT2D eigenvalue weighted by Gasteiger charge is -2.11. The molecule has 0 aromatic carbocycles. The van der Waals surface area contributed by atoms with E-state index in [-0.39, 0.29) is 0 Å². The van der Waals surface area contributed by atoms with Crippen LogP contribution in [0.2, 0.25) is 0 Å². The van der Waals surface area contributed by atoms with Crippen LogP contribution in [0.3, 0.4) is 0 Å². The summed E-state index contributed by atoms with van der Waals surface area (Å²) in [5.74, 6) is 0.627. The molecule has 0 aliphatic heterocycles. The predicted molar refractivity (Wildman–Crippen MR) is 75.0 cm³/mol. The van der Waals surface area contributed by atoms with Gasteiger partial charge in [0.05, 0.1) is 17.6 Å². The van der Waals surface area contributed by atoms with Gasteiger partial charge in [0.2, 0.25) is 0 Å². The Bertz CT molecular complexity index is 350. The zero-order chi connectivity index (χ0) is 12.1. The van der Waals surface area contributed by atoms with E-state index in [9.17, 15) is 0 Å². The average molecular weight is 273 g/mol. The second-order valence-electron chi connectivity index (χ2n) is 4.13. The van der Waals surface area contributed by atoms with Crippen LogP contribution in [0.5, 0.6) is 0 Å². The number of ether oxygens (including phenoxy) is 1. The van der Waals surface area contributed by atoms with E-state index in [0.29, 0.717) is 11.9 Å². The average Bonchev–Trinajstić information content (AvgIpc) is 2.94. The van der Waals surface area contributed by atoms with Crippen molar-refractivity contribution in [3.8, 4) is 0 Å². The number of hydrogen-bond acceptors (Lipinski definition) is 6. The summed E-state index contributed by atoms with van der Waals surface area (Å²) in [7, 11) is 0. The molecular formula is C11H19N3OS2. The van der Waals surface area contributed by atoms with Crippen LogP contribution >= 0.6 is 23.3 Å². The first kappa shape index (κ1) is 13.0. The maximum Gasteiger partial charge on any atom is 0.153 e. The number of thioether (sulfide) groups is 1. The number of anilines is 2. The molecule has 1 saturated carbocycles. The smallest absolute Gasteiger partial charge is 0.153 e. The van der Waals surface area contributed by atoms with E-state index < -0.39 is 0 Å². The quantitative estimate of drug-likeness (QED) is 0.616. The zero-order valence-corrected chi connectivity index (χ0v) is 11.7. The topological polar surface area (TPSA) is 60.2 Å². The van der Waals surface area contributed by atoms with E-state index in [1.807, 2.05) is 6.26 Å². The maximum atomic E-state index is 5.79. The SMILES string of the molecule is CSc1c(N)nsc1NCCOC1CCCC1. The van der Waals surface area contributed by atoms with Crippen molar-refractivity contribution in [2.45, 2.75) is 36.7 Å². The molecule has 1 fully saturated rings. The third-order valence-electron chi connectivity index (χ3n) is 2.92. The van der Waals surface area contributed by atoms with Crippen LogP contribution in [0.4, 0.5) is 10.8 Å².